The Morgan fingerprint density at radius 2 is 2.10 bits per heavy atom. The molecule has 0 aliphatic heterocycles. The molecule has 1 fully saturated rings. The lowest BCUT2D eigenvalue weighted by atomic mass is 9.95. The first-order chi connectivity index (χ1) is 9.69. The molecule has 0 radical (unpaired) electrons. The molecule has 0 bridgehead atoms. The Labute approximate surface area is 125 Å². The number of halogens is 1. The SMILES string of the molecule is COc1ccc(CCC(=O)NC2CCCCC2)cc1Cl. The van der Waals surface area contributed by atoms with Crippen molar-refractivity contribution in [2.45, 2.75) is 51.0 Å². The molecule has 1 N–H and O–H groups in total. The molecule has 0 spiro atoms. The Morgan fingerprint density at radius 3 is 2.75 bits per heavy atom. The van der Waals surface area contributed by atoms with Crippen LogP contribution in [0.2, 0.25) is 5.02 Å². The minimum Gasteiger partial charge on any atom is -0.495 e. The van der Waals surface area contributed by atoms with E-state index in [1.165, 1.54) is 19.3 Å². The second kappa shape index (κ2) is 7.53. The fourth-order valence-corrected chi connectivity index (χ4v) is 2.95. The van der Waals surface area contributed by atoms with E-state index in [1.807, 2.05) is 18.2 Å². The van der Waals surface area contributed by atoms with Gasteiger partial charge < -0.3 is 10.1 Å². The van der Waals surface area contributed by atoms with Crippen LogP contribution in [0, 0.1) is 0 Å². The molecule has 1 aromatic carbocycles. The van der Waals surface area contributed by atoms with E-state index < -0.39 is 0 Å². The molecule has 0 saturated heterocycles. The van der Waals surface area contributed by atoms with E-state index in [9.17, 15) is 4.79 Å². The van der Waals surface area contributed by atoms with Crippen molar-refractivity contribution >= 4 is 17.5 Å². The van der Waals surface area contributed by atoms with Crippen LogP contribution in [0.4, 0.5) is 0 Å². The van der Waals surface area contributed by atoms with Gasteiger partial charge in [-0.05, 0) is 37.0 Å². The van der Waals surface area contributed by atoms with Crippen LogP contribution in [-0.2, 0) is 11.2 Å². The second-order valence-electron chi connectivity index (χ2n) is 5.37. The molecule has 1 amide bonds. The summed E-state index contributed by atoms with van der Waals surface area (Å²) >= 11 is 6.07. The molecule has 20 heavy (non-hydrogen) atoms. The number of methoxy groups -OCH3 is 1. The molecule has 4 heteroatoms. The number of hydrogen-bond acceptors (Lipinski definition) is 2. The number of rotatable bonds is 5. The predicted molar refractivity (Wildman–Crippen MR) is 81.3 cm³/mol. The maximum Gasteiger partial charge on any atom is 0.220 e. The van der Waals surface area contributed by atoms with Gasteiger partial charge in [0.1, 0.15) is 5.75 Å². The molecule has 3 nitrogen and oxygen atoms in total. The fourth-order valence-electron chi connectivity index (χ4n) is 2.67. The van der Waals surface area contributed by atoms with Gasteiger partial charge in [-0.25, -0.2) is 0 Å². The van der Waals surface area contributed by atoms with Crippen LogP contribution in [0.1, 0.15) is 44.1 Å². The maximum atomic E-state index is 11.9. The van der Waals surface area contributed by atoms with Crippen molar-refractivity contribution in [1.82, 2.24) is 5.32 Å². The first-order valence-corrected chi connectivity index (χ1v) is 7.68. The molecule has 0 aromatic heterocycles. The van der Waals surface area contributed by atoms with E-state index >= 15 is 0 Å². The van der Waals surface area contributed by atoms with Gasteiger partial charge in [0, 0.05) is 12.5 Å². The Hall–Kier alpha value is -1.22. The highest BCUT2D eigenvalue weighted by Gasteiger charge is 2.15. The molecule has 110 valence electrons. The van der Waals surface area contributed by atoms with Crippen molar-refractivity contribution in [2.75, 3.05) is 7.11 Å². The lowest BCUT2D eigenvalue weighted by molar-refractivity contribution is -0.121. The summed E-state index contributed by atoms with van der Waals surface area (Å²) in [5.74, 6) is 0.811. The molecule has 0 atom stereocenters. The molecule has 0 unspecified atom stereocenters. The van der Waals surface area contributed by atoms with Crippen molar-refractivity contribution in [3.63, 3.8) is 0 Å². The standard InChI is InChI=1S/C16H22ClNO2/c1-20-15-9-7-12(11-14(15)17)8-10-16(19)18-13-5-3-2-4-6-13/h7,9,11,13H,2-6,8,10H2,1H3,(H,18,19). The second-order valence-corrected chi connectivity index (χ2v) is 5.78. The molecule has 1 aliphatic rings. The van der Waals surface area contributed by atoms with Crippen LogP contribution in [-0.4, -0.2) is 19.1 Å². The smallest absolute Gasteiger partial charge is 0.220 e. The van der Waals surface area contributed by atoms with Crippen LogP contribution in [0.25, 0.3) is 0 Å². The first-order valence-electron chi connectivity index (χ1n) is 7.31. The van der Waals surface area contributed by atoms with Gasteiger partial charge in [0.25, 0.3) is 0 Å². The quantitative estimate of drug-likeness (QED) is 0.899. The normalized spacial score (nSPS) is 15.9. The summed E-state index contributed by atoms with van der Waals surface area (Å²) in [6.07, 6.45) is 7.25. The van der Waals surface area contributed by atoms with E-state index in [-0.39, 0.29) is 5.91 Å². The fraction of sp³-hybridized carbons (Fsp3) is 0.562. The number of carbonyl (C=O) groups excluding carboxylic acids is 1. The third-order valence-electron chi connectivity index (χ3n) is 3.83. The molecular weight excluding hydrogens is 274 g/mol. The highest BCUT2D eigenvalue weighted by molar-refractivity contribution is 6.32. The number of amides is 1. The average molecular weight is 296 g/mol. The summed E-state index contributed by atoms with van der Waals surface area (Å²) in [6, 6.07) is 6.06. The number of hydrogen-bond donors (Lipinski definition) is 1. The molecule has 2 rings (SSSR count). The number of aryl methyl sites for hydroxylation is 1. The summed E-state index contributed by atoms with van der Waals surface area (Å²) in [5.41, 5.74) is 1.06. The van der Waals surface area contributed by atoms with Gasteiger partial charge in [0.15, 0.2) is 0 Å². The third kappa shape index (κ3) is 4.41. The Kier molecular flexibility index (Phi) is 5.72. The van der Waals surface area contributed by atoms with Crippen LogP contribution >= 0.6 is 11.6 Å². The zero-order valence-corrected chi connectivity index (χ0v) is 12.7. The van der Waals surface area contributed by atoms with E-state index in [0.29, 0.717) is 29.7 Å². The Balaban J connectivity index is 1.79. The van der Waals surface area contributed by atoms with Crippen LogP contribution in [0.5, 0.6) is 5.75 Å². The Morgan fingerprint density at radius 1 is 1.35 bits per heavy atom. The van der Waals surface area contributed by atoms with Gasteiger partial charge in [-0.1, -0.05) is 36.9 Å². The number of nitrogens with one attached hydrogen (secondary N) is 1. The molecule has 0 heterocycles. The van der Waals surface area contributed by atoms with Gasteiger partial charge in [-0.2, -0.15) is 0 Å². The summed E-state index contributed by atoms with van der Waals surface area (Å²) in [5, 5.41) is 3.72. The minimum absolute atomic E-state index is 0.142. The molecule has 1 aromatic rings. The summed E-state index contributed by atoms with van der Waals surface area (Å²) in [6.45, 7) is 0. The summed E-state index contributed by atoms with van der Waals surface area (Å²) < 4.78 is 5.11. The largest absolute Gasteiger partial charge is 0.495 e. The number of carbonyl (C=O) groups is 1. The molecular formula is C16H22ClNO2. The highest BCUT2D eigenvalue weighted by Crippen LogP contribution is 2.25. The van der Waals surface area contributed by atoms with Crippen molar-refractivity contribution in [3.05, 3.63) is 28.8 Å². The van der Waals surface area contributed by atoms with Crippen molar-refractivity contribution in [1.29, 1.82) is 0 Å². The average Bonchev–Trinajstić information content (AvgIpc) is 2.46. The third-order valence-corrected chi connectivity index (χ3v) is 4.12. The van der Waals surface area contributed by atoms with Crippen LogP contribution in [0.3, 0.4) is 0 Å². The van der Waals surface area contributed by atoms with Gasteiger partial charge in [0.05, 0.1) is 12.1 Å². The van der Waals surface area contributed by atoms with Gasteiger partial charge in [0.2, 0.25) is 5.91 Å². The predicted octanol–water partition coefficient (Wildman–Crippen LogP) is 3.73. The zero-order chi connectivity index (χ0) is 14.4. The van der Waals surface area contributed by atoms with Gasteiger partial charge >= 0.3 is 0 Å². The Bertz CT molecular complexity index is 456. The maximum absolute atomic E-state index is 11.9. The zero-order valence-electron chi connectivity index (χ0n) is 12.0. The van der Waals surface area contributed by atoms with Gasteiger partial charge in [-0.15, -0.1) is 0 Å². The van der Waals surface area contributed by atoms with Crippen LogP contribution in [0.15, 0.2) is 18.2 Å². The van der Waals surface area contributed by atoms with Crippen molar-refractivity contribution in [3.8, 4) is 5.75 Å². The van der Waals surface area contributed by atoms with E-state index in [4.69, 9.17) is 16.3 Å². The number of ether oxygens (including phenoxy) is 1. The van der Waals surface area contributed by atoms with Crippen LogP contribution < -0.4 is 10.1 Å². The minimum atomic E-state index is 0.142. The highest BCUT2D eigenvalue weighted by atomic mass is 35.5. The van der Waals surface area contributed by atoms with E-state index in [2.05, 4.69) is 5.32 Å². The van der Waals surface area contributed by atoms with E-state index in [1.54, 1.807) is 7.11 Å². The van der Waals surface area contributed by atoms with Crippen molar-refractivity contribution < 1.29 is 9.53 Å². The topological polar surface area (TPSA) is 38.3 Å². The van der Waals surface area contributed by atoms with E-state index in [0.717, 1.165) is 18.4 Å². The first kappa shape index (κ1) is 15.2. The molecule has 1 aliphatic carbocycles. The van der Waals surface area contributed by atoms with Crippen molar-refractivity contribution in [2.24, 2.45) is 0 Å². The monoisotopic (exact) mass is 295 g/mol. The summed E-state index contributed by atoms with van der Waals surface area (Å²) in [7, 11) is 1.60. The van der Waals surface area contributed by atoms with Gasteiger partial charge in [-0.3, -0.25) is 4.79 Å². The summed E-state index contributed by atoms with van der Waals surface area (Å²) in [4.78, 5) is 11.9. The molecule has 1 saturated carbocycles. The number of benzene rings is 1. The lowest BCUT2D eigenvalue weighted by Crippen LogP contribution is -2.36. The lowest BCUT2D eigenvalue weighted by Gasteiger charge is -2.22.